The van der Waals surface area contributed by atoms with Gasteiger partial charge in [0.1, 0.15) is 11.6 Å². The number of halogens is 1. The number of phenols is 1. The van der Waals surface area contributed by atoms with Crippen LogP contribution < -0.4 is 0 Å². The number of hydrogen-bond acceptors (Lipinski definition) is 2. The number of phenolic OH excluding ortho intramolecular Hbond substituents is 1. The van der Waals surface area contributed by atoms with Crippen molar-refractivity contribution in [2.75, 3.05) is 0 Å². The summed E-state index contributed by atoms with van der Waals surface area (Å²) in [6.07, 6.45) is 1.04. The van der Waals surface area contributed by atoms with Crippen molar-refractivity contribution in [1.29, 1.82) is 0 Å². The maximum absolute atomic E-state index is 9.92. The van der Waals surface area contributed by atoms with Gasteiger partial charge in [-0.2, -0.15) is 0 Å². The van der Waals surface area contributed by atoms with E-state index in [0.717, 1.165) is 35.4 Å². The highest BCUT2D eigenvalue weighted by Gasteiger charge is 2.13. The zero-order valence-corrected chi connectivity index (χ0v) is 13.7. The molecule has 3 rings (SSSR count). The van der Waals surface area contributed by atoms with Gasteiger partial charge in [0.25, 0.3) is 0 Å². The summed E-state index contributed by atoms with van der Waals surface area (Å²) in [4.78, 5) is 4.77. The zero-order chi connectivity index (χ0) is 15.0. The molecular weight excluding hydrogens is 328 g/mol. The standard InChI is InChI=1S/C17H17BrN2O/c1-3-8-20-15-7-4-11(2)9-14(15)19-17(20)12-5-6-13(18)16(21)10-12/h4-7,9-10,21H,3,8H2,1-2H3. The molecule has 0 aliphatic heterocycles. The summed E-state index contributed by atoms with van der Waals surface area (Å²) in [7, 11) is 0. The molecule has 0 saturated carbocycles. The van der Waals surface area contributed by atoms with Gasteiger partial charge in [0.2, 0.25) is 0 Å². The van der Waals surface area contributed by atoms with Crippen LogP contribution >= 0.6 is 15.9 Å². The van der Waals surface area contributed by atoms with Crippen molar-refractivity contribution in [3.05, 3.63) is 46.4 Å². The topological polar surface area (TPSA) is 38.0 Å². The maximum Gasteiger partial charge on any atom is 0.141 e. The average molecular weight is 345 g/mol. The molecule has 4 heteroatoms. The van der Waals surface area contributed by atoms with Gasteiger partial charge < -0.3 is 9.67 Å². The maximum atomic E-state index is 9.92. The highest BCUT2D eigenvalue weighted by Crippen LogP contribution is 2.31. The van der Waals surface area contributed by atoms with Gasteiger partial charge in [-0.15, -0.1) is 0 Å². The summed E-state index contributed by atoms with van der Waals surface area (Å²) < 4.78 is 2.91. The first-order chi connectivity index (χ1) is 10.1. The first-order valence-electron chi connectivity index (χ1n) is 7.06. The lowest BCUT2D eigenvalue weighted by atomic mass is 10.2. The van der Waals surface area contributed by atoms with Crippen molar-refractivity contribution < 1.29 is 5.11 Å². The number of rotatable bonds is 3. The van der Waals surface area contributed by atoms with Gasteiger partial charge in [0, 0.05) is 12.1 Å². The molecule has 0 unspecified atom stereocenters. The van der Waals surface area contributed by atoms with E-state index >= 15 is 0 Å². The molecule has 0 aliphatic rings. The Hall–Kier alpha value is -1.81. The average Bonchev–Trinajstić information content (AvgIpc) is 2.80. The molecule has 0 aliphatic carbocycles. The monoisotopic (exact) mass is 344 g/mol. The molecule has 0 fully saturated rings. The Bertz CT molecular complexity index is 808. The SMILES string of the molecule is CCCn1c(-c2ccc(Br)c(O)c2)nc2cc(C)ccc21. The second kappa shape index (κ2) is 5.53. The number of benzene rings is 2. The quantitative estimate of drug-likeness (QED) is 0.734. The van der Waals surface area contributed by atoms with E-state index in [1.807, 2.05) is 12.1 Å². The molecule has 2 aromatic carbocycles. The van der Waals surface area contributed by atoms with E-state index in [0.29, 0.717) is 4.47 Å². The minimum atomic E-state index is 0.235. The molecule has 0 saturated heterocycles. The van der Waals surface area contributed by atoms with Crippen LogP contribution in [0.5, 0.6) is 5.75 Å². The van der Waals surface area contributed by atoms with E-state index in [9.17, 15) is 5.11 Å². The Kier molecular flexibility index (Phi) is 3.72. The Morgan fingerprint density at radius 3 is 2.71 bits per heavy atom. The van der Waals surface area contributed by atoms with Gasteiger partial charge in [-0.25, -0.2) is 4.98 Å². The van der Waals surface area contributed by atoms with Gasteiger partial charge in [0.15, 0.2) is 0 Å². The van der Waals surface area contributed by atoms with Crippen molar-refractivity contribution in [2.45, 2.75) is 26.8 Å². The third kappa shape index (κ3) is 2.56. The minimum Gasteiger partial charge on any atom is -0.507 e. The van der Waals surface area contributed by atoms with Crippen LogP contribution in [0, 0.1) is 6.92 Å². The normalized spacial score (nSPS) is 11.2. The molecular formula is C17H17BrN2O. The molecule has 1 aromatic heterocycles. The van der Waals surface area contributed by atoms with E-state index in [1.54, 1.807) is 6.07 Å². The lowest BCUT2D eigenvalue weighted by Gasteiger charge is -2.08. The van der Waals surface area contributed by atoms with Crippen molar-refractivity contribution in [2.24, 2.45) is 0 Å². The van der Waals surface area contributed by atoms with E-state index in [-0.39, 0.29) is 5.75 Å². The smallest absolute Gasteiger partial charge is 0.141 e. The van der Waals surface area contributed by atoms with Crippen LogP contribution in [0.25, 0.3) is 22.4 Å². The van der Waals surface area contributed by atoms with Crippen molar-refractivity contribution >= 4 is 27.0 Å². The summed E-state index contributed by atoms with van der Waals surface area (Å²) >= 11 is 3.32. The molecule has 3 nitrogen and oxygen atoms in total. The molecule has 21 heavy (non-hydrogen) atoms. The number of aryl methyl sites for hydroxylation is 2. The minimum absolute atomic E-state index is 0.235. The van der Waals surface area contributed by atoms with Gasteiger partial charge in [-0.3, -0.25) is 0 Å². The van der Waals surface area contributed by atoms with Crippen LogP contribution in [0.1, 0.15) is 18.9 Å². The molecule has 1 heterocycles. The Labute approximate surface area is 132 Å². The fourth-order valence-corrected chi connectivity index (χ4v) is 2.81. The van der Waals surface area contributed by atoms with E-state index in [4.69, 9.17) is 4.98 Å². The van der Waals surface area contributed by atoms with Gasteiger partial charge in [-0.1, -0.05) is 13.0 Å². The summed E-state index contributed by atoms with van der Waals surface area (Å²) in [6, 6.07) is 11.9. The van der Waals surface area contributed by atoms with E-state index in [2.05, 4.69) is 52.5 Å². The Morgan fingerprint density at radius 1 is 1.19 bits per heavy atom. The van der Waals surface area contributed by atoms with Crippen LogP contribution in [0.2, 0.25) is 0 Å². The molecule has 0 radical (unpaired) electrons. The number of aromatic nitrogens is 2. The van der Waals surface area contributed by atoms with E-state index < -0.39 is 0 Å². The summed E-state index contributed by atoms with van der Waals surface area (Å²) in [5.74, 6) is 1.14. The second-order valence-corrected chi connectivity index (χ2v) is 6.10. The van der Waals surface area contributed by atoms with Crippen LogP contribution in [0.3, 0.4) is 0 Å². The van der Waals surface area contributed by atoms with E-state index in [1.165, 1.54) is 5.56 Å². The number of imidazole rings is 1. The summed E-state index contributed by atoms with van der Waals surface area (Å²) in [5, 5.41) is 9.92. The van der Waals surface area contributed by atoms with Gasteiger partial charge >= 0.3 is 0 Å². The highest BCUT2D eigenvalue weighted by molar-refractivity contribution is 9.10. The lowest BCUT2D eigenvalue weighted by molar-refractivity contribution is 0.472. The zero-order valence-electron chi connectivity index (χ0n) is 12.1. The third-order valence-corrected chi connectivity index (χ3v) is 4.23. The largest absolute Gasteiger partial charge is 0.507 e. The van der Waals surface area contributed by atoms with Crippen LogP contribution in [0.4, 0.5) is 0 Å². The van der Waals surface area contributed by atoms with Crippen LogP contribution in [0.15, 0.2) is 40.9 Å². The second-order valence-electron chi connectivity index (χ2n) is 5.25. The number of nitrogens with zero attached hydrogens (tertiary/aromatic N) is 2. The molecule has 108 valence electrons. The Morgan fingerprint density at radius 2 is 2.00 bits per heavy atom. The first-order valence-corrected chi connectivity index (χ1v) is 7.85. The number of aromatic hydroxyl groups is 1. The fourth-order valence-electron chi connectivity index (χ4n) is 2.56. The first kappa shape index (κ1) is 14.1. The summed E-state index contributed by atoms with van der Waals surface area (Å²) in [5.41, 5.74) is 4.27. The van der Waals surface area contributed by atoms with Crippen LogP contribution in [-0.4, -0.2) is 14.7 Å². The van der Waals surface area contributed by atoms with Gasteiger partial charge in [-0.05, 0) is 65.2 Å². The molecule has 0 amide bonds. The van der Waals surface area contributed by atoms with Crippen molar-refractivity contribution in [3.8, 4) is 17.1 Å². The highest BCUT2D eigenvalue weighted by atomic mass is 79.9. The number of hydrogen-bond donors (Lipinski definition) is 1. The lowest BCUT2D eigenvalue weighted by Crippen LogP contribution is -1.99. The van der Waals surface area contributed by atoms with Gasteiger partial charge in [0.05, 0.1) is 15.5 Å². The number of fused-ring (bicyclic) bond motifs is 1. The molecule has 0 atom stereocenters. The molecule has 0 spiro atoms. The van der Waals surface area contributed by atoms with Crippen LogP contribution in [-0.2, 0) is 6.54 Å². The predicted octanol–water partition coefficient (Wildman–Crippen LogP) is 4.89. The van der Waals surface area contributed by atoms with Crippen molar-refractivity contribution in [1.82, 2.24) is 9.55 Å². The fraction of sp³-hybridized carbons (Fsp3) is 0.235. The third-order valence-electron chi connectivity index (χ3n) is 3.56. The van der Waals surface area contributed by atoms with Crippen molar-refractivity contribution in [3.63, 3.8) is 0 Å². The molecule has 1 N–H and O–H groups in total. The molecule has 3 aromatic rings. The molecule has 0 bridgehead atoms. The summed E-state index contributed by atoms with van der Waals surface area (Å²) in [6.45, 7) is 5.14. The Balaban J connectivity index is 2.24. The predicted molar refractivity (Wildman–Crippen MR) is 89.6 cm³/mol.